The first-order valence-electron chi connectivity index (χ1n) is 11.6. The first kappa shape index (κ1) is 21.3. The average molecular weight is 469 g/mol. The van der Waals surface area contributed by atoms with Crippen molar-refractivity contribution in [1.29, 1.82) is 0 Å². The van der Waals surface area contributed by atoms with Gasteiger partial charge in [0.1, 0.15) is 0 Å². The van der Waals surface area contributed by atoms with Crippen molar-refractivity contribution in [1.82, 2.24) is 15.1 Å². The van der Waals surface area contributed by atoms with Crippen LogP contribution in [0, 0.1) is 6.92 Å². The molecule has 1 unspecified atom stereocenters. The summed E-state index contributed by atoms with van der Waals surface area (Å²) in [5, 5.41) is 4.57. The number of carbonyl (C=O) groups is 1. The molecular weight excluding hydrogens is 446 g/mol. The van der Waals surface area contributed by atoms with Crippen molar-refractivity contribution >= 4 is 28.5 Å². The Morgan fingerprint density at radius 3 is 2.80 bits per heavy atom. The Labute approximate surface area is 201 Å². The number of para-hydroxylation sites is 1. The number of pyridine rings is 1. The first-order chi connectivity index (χ1) is 17.1. The molecule has 2 aliphatic rings. The second kappa shape index (κ2) is 8.54. The zero-order valence-corrected chi connectivity index (χ0v) is 19.4. The molecule has 1 aliphatic heterocycles. The molecule has 1 atom stereocenters. The zero-order chi connectivity index (χ0) is 23.9. The summed E-state index contributed by atoms with van der Waals surface area (Å²) in [7, 11) is 0. The Morgan fingerprint density at radius 2 is 1.94 bits per heavy atom. The lowest BCUT2D eigenvalue weighted by Gasteiger charge is -2.23. The Balaban J connectivity index is 1.43. The van der Waals surface area contributed by atoms with Gasteiger partial charge < -0.3 is 18.7 Å². The van der Waals surface area contributed by atoms with Gasteiger partial charge in [-0.2, -0.15) is 4.98 Å². The summed E-state index contributed by atoms with van der Waals surface area (Å²) in [6.45, 7) is 3.69. The minimum Gasteiger partial charge on any atom is -0.454 e. The molecule has 1 aliphatic carbocycles. The lowest BCUT2D eigenvalue weighted by Crippen LogP contribution is -2.17. The van der Waals surface area contributed by atoms with Gasteiger partial charge in [0.25, 0.3) is 5.89 Å². The summed E-state index contributed by atoms with van der Waals surface area (Å²) in [5.41, 5.74) is 5.10. The second-order valence-corrected chi connectivity index (χ2v) is 8.69. The average Bonchev–Trinajstić information content (AvgIpc) is 3.51. The Bertz CT molecular complexity index is 1490. The third-order valence-corrected chi connectivity index (χ3v) is 6.29. The molecule has 6 rings (SSSR count). The van der Waals surface area contributed by atoms with E-state index in [9.17, 15) is 4.79 Å². The largest absolute Gasteiger partial charge is 0.454 e. The molecule has 2 aromatic carbocycles. The van der Waals surface area contributed by atoms with E-state index in [0.29, 0.717) is 11.4 Å². The summed E-state index contributed by atoms with van der Waals surface area (Å²) in [6.07, 6.45) is 3.95. The van der Waals surface area contributed by atoms with Crippen LogP contribution in [0.2, 0.25) is 0 Å². The van der Waals surface area contributed by atoms with Gasteiger partial charge in [0.15, 0.2) is 23.4 Å². The van der Waals surface area contributed by atoms with Crippen LogP contribution in [0.3, 0.4) is 0 Å². The number of benzene rings is 2. The summed E-state index contributed by atoms with van der Waals surface area (Å²) >= 11 is 0. The van der Waals surface area contributed by atoms with Crippen LogP contribution in [0.25, 0.3) is 22.6 Å². The van der Waals surface area contributed by atoms with Crippen LogP contribution in [-0.4, -0.2) is 27.9 Å². The van der Waals surface area contributed by atoms with Crippen LogP contribution in [0.15, 0.2) is 47.0 Å². The van der Waals surface area contributed by atoms with Crippen molar-refractivity contribution in [2.24, 2.45) is 0 Å². The minimum atomic E-state index is -0.668. The van der Waals surface area contributed by atoms with Crippen molar-refractivity contribution in [3.05, 3.63) is 76.6 Å². The lowest BCUT2D eigenvalue weighted by atomic mass is 9.86. The molecule has 0 saturated heterocycles. The molecule has 0 saturated carbocycles. The van der Waals surface area contributed by atoms with Gasteiger partial charge in [-0.15, -0.1) is 0 Å². The molecule has 0 N–H and O–H groups in total. The minimum absolute atomic E-state index is 0.235. The number of hydrogen-bond donors (Lipinski definition) is 0. The maximum atomic E-state index is 13.5. The van der Waals surface area contributed by atoms with E-state index in [1.807, 2.05) is 42.5 Å². The Hall–Kier alpha value is -4.20. The normalized spacial score (nSPS) is 16.3. The van der Waals surface area contributed by atoms with Crippen LogP contribution >= 0.6 is 0 Å². The van der Waals surface area contributed by atoms with Crippen molar-refractivity contribution in [2.75, 3.05) is 6.79 Å². The fourth-order valence-electron chi connectivity index (χ4n) is 4.66. The fourth-order valence-corrected chi connectivity index (χ4v) is 4.66. The molecule has 0 bridgehead atoms. The van der Waals surface area contributed by atoms with E-state index in [-0.39, 0.29) is 12.7 Å². The molecule has 0 spiro atoms. The van der Waals surface area contributed by atoms with Crippen LogP contribution < -0.4 is 9.47 Å². The van der Waals surface area contributed by atoms with E-state index in [1.165, 1.54) is 0 Å². The number of esters is 1. The highest BCUT2D eigenvalue weighted by Crippen LogP contribution is 2.38. The highest BCUT2D eigenvalue weighted by atomic mass is 16.7. The summed E-state index contributed by atoms with van der Waals surface area (Å²) in [4.78, 5) is 22.7. The third kappa shape index (κ3) is 3.90. The fraction of sp³-hybridized carbons (Fsp3) is 0.259. The van der Waals surface area contributed by atoms with Gasteiger partial charge in [-0.1, -0.05) is 29.4 Å². The van der Waals surface area contributed by atoms with E-state index in [4.69, 9.17) is 23.7 Å². The van der Waals surface area contributed by atoms with Crippen molar-refractivity contribution in [3.63, 3.8) is 0 Å². The van der Waals surface area contributed by atoms with Gasteiger partial charge in [0, 0.05) is 5.39 Å². The summed E-state index contributed by atoms with van der Waals surface area (Å²) < 4.78 is 22.0. The van der Waals surface area contributed by atoms with Gasteiger partial charge in [-0.3, -0.25) is 0 Å². The first-order valence-corrected chi connectivity index (χ1v) is 11.6. The second-order valence-electron chi connectivity index (χ2n) is 8.69. The van der Waals surface area contributed by atoms with E-state index in [2.05, 4.69) is 16.2 Å². The zero-order valence-electron chi connectivity index (χ0n) is 19.4. The molecule has 8 nitrogen and oxygen atoms in total. The molecule has 8 heteroatoms. The third-order valence-electron chi connectivity index (χ3n) is 6.29. The monoisotopic (exact) mass is 469 g/mol. The molecule has 35 heavy (non-hydrogen) atoms. The number of aryl methyl sites for hydroxylation is 1. The van der Waals surface area contributed by atoms with Crippen LogP contribution in [-0.2, 0) is 11.2 Å². The van der Waals surface area contributed by atoms with Gasteiger partial charge in [-0.05, 0) is 74.1 Å². The highest BCUT2D eigenvalue weighted by molar-refractivity contribution is 6.06. The maximum Gasteiger partial charge on any atom is 0.339 e. The number of ether oxygens (including phenoxy) is 3. The predicted molar refractivity (Wildman–Crippen MR) is 128 cm³/mol. The van der Waals surface area contributed by atoms with Crippen LogP contribution in [0.4, 0.5) is 0 Å². The summed E-state index contributed by atoms with van der Waals surface area (Å²) in [6, 6.07) is 13.5. The van der Waals surface area contributed by atoms with Gasteiger partial charge in [0.2, 0.25) is 6.79 Å². The van der Waals surface area contributed by atoms with E-state index >= 15 is 0 Å². The number of aromatic nitrogens is 3. The predicted octanol–water partition coefficient (Wildman–Crippen LogP) is 5.45. The Kier molecular flexibility index (Phi) is 5.21. The summed E-state index contributed by atoms with van der Waals surface area (Å²) in [5.74, 6) is 1.82. The van der Waals surface area contributed by atoms with Gasteiger partial charge in [0.05, 0.1) is 16.8 Å². The smallest absolute Gasteiger partial charge is 0.339 e. The molecular formula is C27H23N3O5. The SMILES string of the molecule is Cc1noc(C(C)OC(=O)c2c3c(nc4ccccc24)/C(=C\c2ccc4c(c2)OCO4)CCC3)n1. The Morgan fingerprint density at radius 1 is 1.09 bits per heavy atom. The molecule has 2 aromatic heterocycles. The molecule has 176 valence electrons. The van der Waals surface area contributed by atoms with Crippen molar-refractivity contribution in [3.8, 4) is 11.5 Å². The van der Waals surface area contributed by atoms with Gasteiger partial charge in [-0.25, -0.2) is 9.78 Å². The number of carbonyl (C=O) groups excluding carboxylic acids is 1. The number of nitrogens with zero attached hydrogens (tertiary/aromatic N) is 3. The van der Waals surface area contributed by atoms with Crippen molar-refractivity contribution < 1.29 is 23.5 Å². The highest BCUT2D eigenvalue weighted by Gasteiger charge is 2.28. The quantitative estimate of drug-likeness (QED) is 0.364. The molecule has 3 heterocycles. The van der Waals surface area contributed by atoms with E-state index in [0.717, 1.165) is 64.1 Å². The number of fused-ring (bicyclic) bond motifs is 3. The van der Waals surface area contributed by atoms with Crippen LogP contribution in [0.1, 0.15) is 64.8 Å². The maximum absolute atomic E-state index is 13.5. The molecule has 4 aromatic rings. The number of hydrogen-bond acceptors (Lipinski definition) is 8. The van der Waals surface area contributed by atoms with E-state index in [1.54, 1.807) is 13.8 Å². The lowest BCUT2D eigenvalue weighted by molar-refractivity contribution is 0.0266. The topological polar surface area (TPSA) is 96.6 Å². The molecule has 0 fully saturated rings. The van der Waals surface area contributed by atoms with Crippen molar-refractivity contribution in [2.45, 2.75) is 39.2 Å². The van der Waals surface area contributed by atoms with E-state index < -0.39 is 12.1 Å². The molecule has 0 amide bonds. The van der Waals surface area contributed by atoms with Crippen LogP contribution in [0.5, 0.6) is 11.5 Å². The number of allylic oxidation sites excluding steroid dienone is 1. The van der Waals surface area contributed by atoms with Gasteiger partial charge >= 0.3 is 5.97 Å². The molecule has 0 radical (unpaired) electrons. The number of rotatable bonds is 4. The standard InChI is InChI=1S/C27H23N3O5/c1-15(26-28-16(2)30-35-26)34-27(31)24-19-7-3-4-9-21(19)29-25-18(6-5-8-20(24)25)12-17-10-11-22-23(13-17)33-14-32-22/h3-4,7,9-13,15H,5-6,8,14H2,1-2H3/b18-12-.